The van der Waals surface area contributed by atoms with Crippen molar-refractivity contribution in [2.24, 2.45) is 11.8 Å². The number of fused-ring (bicyclic) bond motifs is 1. The van der Waals surface area contributed by atoms with Crippen LogP contribution in [0.5, 0.6) is 0 Å². The van der Waals surface area contributed by atoms with Crippen LogP contribution >= 0.6 is 0 Å². The summed E-state index contributed by atoms with van der Waals surface area (Å²) in [7, 11) is 0. The summed E-state index contributed by atoms with van der Waals surface area (Å²) >= 11 is 0. The first-order valence-electron chi connectivity index (χ1n) is 9.84. The fourth-order valence-electron chi connectivity index (χ4n) is 3.34. The van der Waals surface area contributed by atoms with Crippen LogP contribution in [0.15, 0.2) is 35.5 Å². The smallest absolute Gasteiger partial charge is 0.334 e. The molecule has 0 aromatic heterocycles. The van der Waals surface area contributed by atoms with E-state index in [2.05, 4.69) is 6.58 Å². The number of hydrogen-bond donors (Lipinski definition) is 0. The lowest BCUT2D eigenvalue weighted by Crippen LogP contribution is -2.35. The molecule has 0 radical (unpaired) electrons. The Labute approximate surface area is 170 Å². The van der Waals surface area contributed by atoms with E-state index in [4.69, 9.17) is 14.2 Å². The van der Waals surface area contributed by atoms with Crippen molar-refractivity contribution >= 4 is 24.2 Å². The van der Waals surface area contributed by atoms with Gasteiger partial charge in [0.05, 0.1) is 11.8 Å². The Morgan fingerprint density at radius 2 is 2.14 bits per heavy atom. The molecule has 0 aromatic rings. The highest BCUT2D eigenvalue weighted by atomic mass is 16.6. The first-order chi connectivity index (χ1) is 13.8. The molecular formula is C22H28O7. The first kappa shape index (κ1) is 22.6. The molecule has 1 aliphatic carbocycles. The van der Waals surface area contributed by atoms with E-state index in [-0.39, 0.29) is 24.5 Å². The molecule has 0 amide bonds. The molecule has 1 heterocycles. The van der Waals surface area contributed by atoms with Crippen molar-refractivity contribution in [3.8, 4) is 0 Å². The molecular weight excluding hydrogens is 376 g/mol. The molecule has 7 heteroatoms. The summed E-state index contributed by atoms with van der Waals surface area (Å²) in [6, 6.07) is 0. The molecule has 1 saturated heterocycles. The van der Waals surface area contributed by atoms with Crippen molar-refractivity contribution in [3.63, 3.8) is 0 Å². The van der Waals surface area contributed by atoms with E-state index in [1.165, 1.54) is 6.92 Å². The minimum Gasteiger partial charge on any atom is -0.461 e. The number of esters is 3. The predicted molar refractivity (Wildman–Crippen MR) is 105 cm³/mol. The predicted octanol–water partition coefficient (Wildman–Crippen LogP) is 2.84. The van der Waals surface area contributed by atoms with Gasteiger partial charge in [0.2, 0.25) is 0 Å². The molecule has 0 aromatic carbocycles. The highest BCUT2D eigenvalue weighted by Gasteiger charge is 2.45. The van der Waals surface area contributed by atoms with Crippen molar-refractivity contribution < 1.29 is 33.4 Å². The van der Waals surface area contributed by atoms with Crippen LogP contribution in [0.3, 0.4) is 0 Å². The summed E-state index contributed by atoms with van der Waals surface area (Å²) in [5, 5.41) is 0. The van der Waals surface area contributed by atoms with E-state index in [9.17, 15) is 19.2 Å². The number of carbonyl (C=O) groups excluding carboxylic acids is 4. The second-order valence-electron chi connectivity index (χ2n) is 7.45. The summed E-state index contributed by atoms with van der Waals surface area (Å²) in [6.45, 7) is 8.85. The quantitative estimate of drug-likeness (QED) is 0.221. The summed E-state index contributed by atoms with van der Waals surface area (Å²) in [4.78, 5) is 47.4. The number of hydrogen-bond acceptors (Lipinski definition) is 7. The maximum Gasteiger partial charge on any atom is 0.334 e. The van der Waals surface area contributed by atoms with Gasteiger partial charge in [0.1, 0.15) is 25.1 Å². The van der Waals surface area contributed by atoms with Gasteiger partial charge in [-0.2, -0.15) is 0 Å². The highest BCUT2D eigenvalue weighted by Crippen LogP contribution is 2.36. The van der Waals surface area contributed by atoms with Gasteiger partial charge in [0.15, 0.2) is 0 Å². The van der Waals surface area contributed by atoms with Crippen molar-refractivity contribution in [1.29, 1.82) is 0 Å². The zero-order valence-electron chi connectivity index (χ0n) is 17.1. The van der Waals surface area contributed by atoms with E-state index in [0.29, 0.717) is 24.8 Å². The van der Waals surface area contributed by atoms with E-state index < -0.39 is 36.0 Å². The third kappa shape index (κ3) is 5.89. The van der Waals surface area contributed by atoms with Crippen LogP contribution in [0.1, 0.15) is 46.5 Å². The topological polar surface area (TPSA) is 96.0 Å². The maximum atomic E-state index is 12.4. The van der Waals surface area contributed by atoms with Gasteiger partial charge in [-0.1, -0.05) is 26.5 Å². The van der Waals surface area contributed by atoms with E-state index in [0.717, 1.165) is 11.9 Å². The van der Waals surface area contributed by atoms with Crippen molar-refractivity contribution in [2.45, 2.75) is 58.7 Å². The summed E-state index contributed by atoms with van der Waals surface area (Å²) in [5.74, 6) is -2.31. The molecule has 1 fully saturated rings. The Morgan fingerprint density at radius 1 is 1.41 bits per heavy atom. The maximum absolute atomic E-state index is 12.4. The van der Waals surface area contributed by atoms with Crippen molar-refractivity contribution in [3.05, 3.63) is 35.5 Å². The van der Waals surface area contributed by atoms with Crippen LogP contribution in [0.25, 0.3) is 0 Å². The molecule has 1 aliphatic heterocycles. The van der Waals surface area contributed by atoms with Gasteiger partial charge in [0.25, 0.3) is 0 Å². The van der Waals surface area contributed by atoms with E-state index >= 15 is 0 Å². The standard InChI is InChI=1S/C22H28O7/c1-5-13(2)21(25)28-18-9-16(11-23)7-6-8-17(12-27-15(4)24)10-19-20(18)14(3)22(26)29-19/h7,10-11,13,18-20H,3,5-6,8-9,12H2,1-2,4H3/b16-7-,17-10-. The number of carbonyl (C=O) groups is 4. The average molecular weight is 404 g/mol. The molecule has 2 aliphatic rings. The largest absolute Gasteiger partial charge is 0.461 e. The van der Waals surface area contributed by atoms with Crippen molar-refractivity contribution in [2.75, 3.05) is 6.61 Å². The van der Waals surface area contributed by atoms with Crippen LogP contribution in [0.2, 0.25) is 0 Å². The van der Waals surface area contributed by atoms with Gasteiger partial charge in [-0.3, -0.25) is 14.4 Å². The molecule has 158 valence electrons. The molecule has 4 atom stereocenters. The number of ether oxygens (including phenoxy) is 3. The van der Waals surface area contributed by atoms with Crippen LogP contribution in [0, 0.1) is 11.8 Å². The first-order valence-corrected chi connectivity index (χ1v) is 9.84. The normalized spacial score (nSPS) is 29.3. The lowest BCUT2D eigenvalue weighted by atomic mass is 9.85. The van der Waals surface area contributed by atoms with E-state index in [1.54, 1.807) is 19.1 Å². The van der Waals surface area contributed by atoms with Crippen LogP contribution in [0.4, 0.5) is 0 Å². The van der Waals surface area contributed by atoms with Gasteiger partial charge in [-0.25, -0.2) is 4.79 Å². The van der Waals surface area contributed by atoms with Gasteiger partial charge in [-0.15, -0.1) is 0 Å². The molecule has 0 N–H and O–H groups in total. The highest BCUT2D eigenvalue weighted by molar-refractivity contribution is 5.91. The molecule has 29 heavy (non-hydrogen) atoms. The summed E-state index contributed by atoms with van der Waals surface area (Å²) < 4.78 is 16.3. The molecule has 2 rings (SSSR count). The van der Waals surface area contributed by atoms with Crippen LogP contribution in [-0.2, 0) is 33.4 Å². The van der Waals surface area contributed by atoms with Gasteiger partial charge in [0, 0.05) is 18.9 Å². The zero-order valence-corrected chi connectivity index (χ0v) is 17.1. The molecule has 0 spiro atoms. The third-order valence-corrected chi connectivity index (χ3v) is 5.27. The lowest BCUT2D eigenvalue weighted by molar-refractivity contribution is -0.156. The minimum atomic E-state index is -0.763. The van der Waals surface area contributed by atoms with E-state index in [1.807, 2.05) is 6.92 Å². The average Bonchev–Trinajstić information content (AvgIpc) is 2.96. The molecule has 0 saturated carbocycles. The Hall–Kier alpha value is -2.70. The Bertz CT molecular complexity index is 746. The van der Waals surface area contributed by atoms with Crippen LogP contribution < -0.4 is 0 Å². The zero-order chi connectivity index (χ0) is 21.6. The molecule has 7 nitrogen and oxygen atoms in total. The lowest BCUT2D eigenvalue weighted by Gasteiger charge is -2.28. The second-order valence-corrected chi connectivity index (χ2v) is 7.45. The monoisotopic (exact) mass is 404 g/mol. The van der Waals surface area contributed by atoms with Gasteiger partial charge < -0.3 is 14.2 Å². The fourth-order valence-corrected chi connectivity index (χ4v) is 3.34. The van der Waals surface area contributed by atoms with Gasteiger partial charge in [-0.05, 0) is 36.5 Å². The van der Waals surface area contributed by atoms with Crippen LogP contribution in [-0.4, -0.2) is 43.0 Å². The Kier molecular flexibility index (Phi) is 7.93. The molecule has 4 unspecified atom stereocenters. The summed E-state index contributed by atoms with van der Waals surface area (Å²) in [5.41, 5.74) is 1.44. The third-order valence-electron chi connectivity index (χ3n) is 5.27. The Balaban J connectivity index is 2.41. The summed E-state index contributed by atoms with van der Waals surface area (Å²) in [6.07, 6.45) is 4.65. The van der Waals surface area contributed by atoms with Gasteiger partial charge >= 0.3 is 17.9 Å². The molecule has 0 bridgehead atoms. The fraction of sp³-hybridized carbons (Fsp3) is 0.545. The number of aldehydes is 1. The SMILES string of the molecule is C=C1C(=O)OC2/C=C(\COC(C)=O)CC/C=C(\C=O)CC(OC(=O)C(C)CC)C12. The Morgan fingerprint density at radius 3 is 2.76 bits per heavy atom. The minimum absolute atomic E-state index is 0.0597. The number of allylic oxidation sites excluding steroid dienone is 1. The van der Waals surface area contributed by atoms with Crippen molar-refractivity contribution in [1.82, 2.24) is 0 Å². The second kappa shape index (κ2) is 10.2. The number of rotatable bonds is 6.